The molecule has 0 spiro atoms. The minimum Gasteiger partial charge on any atom is -0.377 e. The molecular formula is C19H18O. The van der Waals surface area contributed by atoms with Crippen LogP contribution in [0.2, 0.25) is 0 Å². The third kappa shape index (κ3) is 0.878. The maximum Gasteiger partial charge on any atom is 0.132 e. The van der Waals surface area contributed by atoms with Crippen LogP contribution in [0.25, 0.3) is 0 Å². The molecule has 2 bridgehead atoms. The molecule has 0 saturated heterocycles. The zero-order valence-corrected chi connectivity index (χ0v) is 11.4. The predicted octanol–water partition coefficient (Wildman–Crippen LogP) is 2.55. The Morgan fingerprint density at radius 2 is 1.65 bits per heavy atom. The van der Waals surface area contributed by atoms with E-state index >= 15 is 0 Å². The maximum absolute atomic E-state index is 11.4. The smallest absolute Gasteiger partial charge is 0.132 e. The van der Waals surface area contributed by atoms with Gasteiger partial charge in [-0.1, -0.05) is 30.0 Å². The first kappa shape index (κ1) is 10.5. The molecule has 9 atom stereocenters. The number of hydrogen-bond donors (Lipinski definition) is 1. The van der Waals surface area contributed by atoms with Crippen molar-refractivity contribution in [3.63, 3.8) is 0 Å². The van der Waals surface area contributed by atoms with E-state index in [9.17, 15) is 5.11 Å². The van der Waals surface area contributed by atoms with Crippen LogP contribution in [0.15, 0.2) is 30.3 Å². The molecule has 0 amide bonds. The standard InChI is InChI=1S/C19H18O/c20-19(7-6-10-4-2-1-3-5-10)17-12-9-13-15-11(12)8-14(17)16(15)18(13)19/h1-5,11-18,20H,8-9H2/t11-,12?,13?,14-,15?,16?,17?,18?,19?/m0/s1. The average molecular weight is 262 g/mol. The van der Waals surface area contributed by atoms with Crippen LogP contribution in [0.1, 0.15) is 18.4 Å². The van der Waals surface area contributed by atoms with Gasteiger partial charge in [0.1, 0.15) is 5.60 Å². The van der Waals surface area contributed by atoms with Crippen LogP contribution in [0.5, 0.6) is 0 Å². The fourth-order valence-corrected chi connectivity index (χ4v) is 7.41. The summed E-state index contributed by atoms with van der Waals surface area (Å²) in [6, 6.07) is 10.1. The van der Waals surface area contributed by atoms with Gasteiger partial charge in [-0.2, -0.15) is 0 Å². The predicted molar refractivity (Wildman–Crippen MR) is 75.4 cm³/mol. The fraction of sp³-hybridized carbons (Fsp3) is 0.579. The van der Waals surface area contributed by atoms with Crippen molar-refractivity contribution in [3.05, 3.63) is 35.9 Å². The highest BCUT2D eigenvalue weighted by atomic mass is 16.3. The molecule has 1 nitrogen and oxygen atoms in total. The quantitative estimate of drug-likeness (QED) is 0.712. The Labute approximate surface area is 119 Å². The van der Waals surface area contributed by atoms with Gasteiger partial charge >= 0.3 is 0 Å². The summed E-state index contributed by atoms with van der Waals surface area (Å²) in [5.74, 6) is 12.9. The molecular weight excluding hydrogens is 244 g/mol. The molecule has 1 aromatic carbocycles. The first-order valence-corrected chi connectivity index (χ1v) is 8.09. The van der Waals surface area contributed by atoms with Crippen LogP contribution in [-0.2, 0) is 0 Å². The van der Waals surface area contributed by atoms with Crippen LogP contribution in [0.3, 0.4) is 0 Å². The Morgan fingerprint density at radius 3 is 2.50 bits per heavy atom. The SMILES string of the molecule is OC1(C#Cc2ccccc2)C2C3CC4C1[C@H]1C[C@@H]4C3C21. The Balaban J connectivity index is 1.46. The molecule has 1 heteroatoms. The summed E-state index contributed by atoms with van der Waals surface area (Å²) in [6.07, 6.45) is 2.82. The lowest BCUT2D eigenvalue weighted by Gasteiger charge is -2.49. The maximum atomic E-state index is 11.4. The van der Waals surface area contributed by atoms with E-state index in [4.69, 9.17) is 0 Å². The fourth-order valence-electron chi connectivity index (χ4n) is 7.41. The molecule has 0 aliphatic heterocycles. The molecule has 0 heterocycles. The Kier molecular flexibility index (Phi) is 1.57. The summed E-state index contributed by atoms with van der Waals surface area (Å²) in [5, 5.41) is 11.4. The highest BCUT2D eigenvalue weighted by molar-refractivity contribution is 5.43. The third-order valence-corrected chi connectivity index (χ3v) is 7.56. The lowest BCUT2D eigenvalue weighted by molar-refractivity contribution is -0.0921. The van der Waals surface area contributed by atoms with Gasteiger partial charge in [0.15, 0.2) is 0 Å². The summed E-state index contributed by atoms with van der Waals surface area (Å²) >= 11 is 0. The van der Waals surface area contributed by atoms with Crippen LogP contribution in [-0.4, -0.2) is 10.7 Å². The molecule has 100 valence electrons. The highest BCUT2D eigenvalue weighted by Gasteiger charge is 2.84. The Bertz CT molecular complexity index is 662. The van der Waals surface area contributed by atoms with Crippen LogP contribution in [0.4, 0.5) is 0 Å². The molecule has 5 saturated carbocycles. The van der Waals surface area contributed by atoms with Crippen molar-refractivity contribution in [2.45, 2.75) is 18.4 Å². The second-order valence-corrected chi connectivity index (χ2v) is 7.77. The van der Waals surface area contributed by atoms with Gasteiger partial charge < -0.3 is 5.11 Å². The van der Waals surface area contributed by atoms with E-state index in [0.717, 1.165) is 41.1 Å². The van der Waals surface area contributed by atoms with E-state index < -0.39 is 5.60 Å². The number of hydrogen-bond acceptors (Lipinski definition) is 1. The molecule has 5 aliphatic carbocycles. The number of fused-ring (bicyclic) bond motifs is 2. The summed E-state index contributed by atoms with van der Waals surface area (Å²) in [4.78, 5) is 0. The molecule has 20 heavy (non-hydrogen) atoms. The van der Waals surface area contributed by atoms with E-state index in [1.165, 1.54) is 12.8 Å². The highest BCUT2D eigenvalue weighted by Crippen LogP contribution is 2.85. The van der Waals surface area contributed by atoms with Crippen molar-refractivity contribution in [2.75, 3.05) is 0 Å². The van der Waals surface area contributed by atoms with E-state index in [1.807, 2.05) is 30.3 Å². The van der Waals surface area contributed by atoms with Crippen LogP contribution in [0, 0.1) is 59.2 Å². The van der Waals surface area contributed by atoms with Crippen molar-refractivity contribution in [1.29, 1.82) is 0 Å². The summed E-state index contributed by atoms with van der Waals surface area (Å²) in [5.41, 5.74) is 0.389. The van der Waals surface area contributed by atoms with Gasteiger partial charge in [0.2, 0.25) is 0 Å². The largest absolute Gasteiger partial charge is 0.377 e. The van der Waals surface area contributed by atoms with Crippen molar-refractivity contribution in [3.8, 4) is 11.8 Å². The molecule has 7 unspecified atom stereocenters. The normalized spacial score (nSPS) is 58.6. The topological polar surface area (TPSA) is 20.2 Å². The molecule has 1 aromatic rings. The van der Waals surface area contributed by atoms with Gasteiger partial charge in [0.05, 0.1) is 0 Å². The lowest BCUT2D eigenvalue weighted by atomic mass is 9.56. The molecule has 5 fully saturated rings. The summed E-state index contributed by atoms with van der Waals surface area (Å²) in [7, 11) is 0. The van der Waals surface area contributed by atoms with E-state index in [0.29, 0.717) is 11.8 Å². The van der Waals surface area contributed by atoms with Gasteiger partial charge in [-0.3, -0.25) is 0 Å². The van der Waals surface area contributed by atoms with Crippen molar-refractivity contribution >= 4 is 0 Å². The summed E-state index contributed by atoms with van der Waals surface area (Å²) < 4.78 is 0. The Hall–Kier alpha value is -1.26. The van der Waals surface area contributed by atoms with Gasteiger partial charge in [0, 0.05) is 17.4 Å². The average Bonchev–Trinajstić information content (AvgIpc) is 2.97. The first-order valence-electron chi connectivity index (χ1n) is 8.09. The van der Waals surface area contributed by atoms with E-state index in [2.05, 4.69) is 11.8 Å². The first-order chi connectivity index (χ1) is 9.79. The number of aliphatic hydroxyl groups is 1. The summed E-state index contributed by atoms with van der Waals surface area (Å²) in [6.45, 7) is 0. The molecule has 6 rings (SSSR count). The third-order valence-electron chi connectivity index (χ3n) is 7.56. The number of rotatable bonds is 0. The van der Waals surface area contributed by atoms with Gasteiger partial charge in [-0.05, 0) is 60.5 Å². The zero-order chi connectivity index (χ0) is 13.1. The second-order valence-electron chi connectivity index (χ2n) is 7.77. The Morgan fingerprint density at radius 1 is 0.900 bits per heavy atom. The molecule has 0 aromatic heterocycles. The van der Waals surface area contributed by atoms with Crippen molar-refractivity contribution in [2.24, 2.45) is 47.3 Å². The molecule has 1 N–H and O–H groups in total. The van der Waals surface area contributed by atoms with Crippen LogP contribution >= 0.6 is 0 Å². The van der Waals surface area contributed by atoms with Crippen molar-refractivity contribution in [1.82, 2.24) is 0 Å². The second kappa shape index (κ2) is 3.00. The van der Waals surface area contributed by atoms with Gasteiger partial charge in [-0.15, -0.1) is 0 Å². The van der Waals surface area contributed by atoms with E-state index in [-0.39, 0.29) is 0 Å². The van der Waals surface area contributed by atoms with Crippen LogP contribution < -0.4 is 0 Å². The molecule has 0 radical (unpaired) electrons. The number of benzene rings is 1. The monoisotopic (exact) mass is 262 g/mol. The van der Waals surface area contributed by atoms with Gasteiger partial charge in [-0.25, -0.2) is 0 Å². The zero-order valence-electron chi connectivity index (χ0n) is 11.4. The lowest BCUT2D eigenvalue weighted by Crippen LogP contribution is -2.53. The minimum atomic E-state index is -0.652. The molecule has 5 aliphatic rings. The van der Waals surface area contributed by atoms with Crippen molar-refractivity contribution < 1.29 is 5.11 Å². The van der Waals surface area contributed by atoms with E-state index in [1.54, 1.807) is 0 Å². The van der Waals surface area contributed by atoms with Gasteiger partial charge in [0.25, 0.3) is 0 Å². The minimum absolute atomic E-state index is 0.508.